The summed E-state index contributed by atoms with van der Waals surface area (Å²) in [5, 5.41) is 10.4. The van der Waals surface area contributed by atoms with E-state index in [4.69, 9.17) is 0 Å². The van der Waals surface area contributed by atoms with E-state index < -0.39 is 5.97 Å². The van der Waals surface area contributed by atoms with Gasteiger partial charge in [0, 0.05) is 0 Å². The summed E-state index contributed by atoms with van der Waals surface area (Å²) in [5.74, 6) is -0.440. The highest BCUT2D eigenvalue weighted by atomic mass is 16.5. The van der Waals surface area contributed by atoms with Crippen LogP contribution < -0.4 is 0 Å². The largest absolute Gasteiger partial charge is 0.465 e. The first kappa shape index (κ1) is 7.59. The SMILES string of the molecule is COC(=O)c1cnnnc1C. The fourth-order valence-corrected chi connectivity index (χ4v) is 0.634. The number of nitrogens with zero attached hydrogens (tertiary/aromatic N) is 3. The van der Waals surface area contributed by atoms with Crippen molar-refractivity contribution in [2.45, 2.75) is 6.92 Å². The second-order valence-electron chi connectivity index (χ2n) is 1.92. The minimum absolute atomic E-state index is 0.350. The molecule has 0 aromatic carbocycles. The van der Waals surface area contributed by atoms with E-state index in [2.05, 4.69) is 20.1 Å². The number of hydrogen-bond donors (Lipinski definition) is 0. The lowest BCUT2D eigenvalue weighted by atomic mass is 10.2. The van der Waals surface area contributed by atoms with Gasteiger partial charge in [-0.15, -0.1) is 10.2 Å². The van der Waals surface area contributed by atoms with E-state index in [9.17, 15) is 4.79 Å². The Hall–Kier alpha value is -1.52. The molecule has 0 radical (unpaired) electrons. The molecule has 5 heteroatoms. The number of esters is 1. The summed E-state index contributed by atoms with van der Waals surface area (Å²) in [6.07, 6.45) is 1.33. The summed E-state index contributed by atoms with van der Waals surface area (Å²) < 4.78 is 4.47. The first-order valence-corrected chi connectivity index (χ1v) is 2.99. The summed E-state index contributed by atoms with van der Waals surface area (Å²) >= 11 is 0. The lowest BCUT2D eigenvalue weighted by Crippen LogP contribution is -2.06. The van der Waals surface area contributed by atoms with E-state index in [1.165, 1.54) is 13.3 Å². The molecule has 0 spiro atoms. The van der Waals surface area contributed by atoms with Crippen LogP contribution in [0.1, 0.15) is 16.1 Å². The van der Waals surface area contributed by atoms with E-state index in [-0.39, 0.29) is 0 Å². The normalized spacial score (nSPS) is 9.27. The smallest absolute Gasteiger partial charge is 0.341 e. The minimum atomic E-state index is -0.440. The van der Waals surface area contributed by atoms with Gasteiger partial charge in [-0.1, -0.05) is 0 Å². The van der Waals surface area contributed by atoms with Crippen LogP contribution >= 0.6 is 0 Å². The van der Waals surface area contributed by atoms with Gasteiger partial charge in [-0.25, -0.2) is 4.79 Å². The third kappa shape index (κ3) is 1.49. The maximum absolute atomic E-state index is 10.9. The number of aromatic nitrogens is 3. The Kier molecular flexibility index (Phi) is 2.10. The Morgan fingerprint density at radius 3 is 2.91 bits per heavy atom. The van der Waals surface area contributed by atoms with Gasteiger partial charge in [0.2, 0.25) is 0 Å². The number of carbonyl (C=O) groups excluding carboxylic acids is 1. The monoisotopic (exact) mass is 153 g/mol. The zero-order valence-corrected chi connectivity index (χ0v) is 6.24. The summed E-state index contributed by atoms with van der Waals surface area (Å²) in [7, 11) is 1.31. The molecule has 0 unspecified atom stereocenters. The maximum Gasteiger partial charge on any atom is 0.341 e. The highest BCUT2D eigenvalue weighted by molar-refractivity contribution is 5.89. The number of hydrogen-bond acceptors (Lipinski definition) is 5. The van der Waals surface area contributed by atoms with Gasteiger partial charge in [-0.05, 0) is 12.1 Å². The molecule has 0 saturated carbocycles. The molecule has 0 bridgehead atoms. The Balaban J connectivity index is 3.03. The molecule has 58 valence electrons. The summed E-state index contributed by atoms with van der Waals surface area (Å²) in [6, 6.07) is 0. The van der Waals surface area contributed by atoms with Crippen molar-refractivity contribution in [1.82, 2.24) is 15.4 Å². The molecular formula is C6H7N3O2. The van der Waals surface area contributed by atoms with Crippen LogP contribution in [0.5, 0.6) is 0 Å². The van der Waals surface area contributed by atoms with Crippen LogP contribution in [0, 0.1) is 6.92 Å². The quantitative estimate of drug-likeness (QED) is 0.530. The molecule has 0 saturated heterocycles. The van der Waals surface area contributed by atoms with Gasteiger partial charge in [0.15, 0.2) is 0 Å². The molecule has 1 rings (SSSR count). The van der Waals surface area contributed by atoms with Crippen LogP contribution in [-0.4, -0.2) is 28.5 Å². The van der Waals surface area contributed by atoms with Crippen LogP contribution in [0.15, 0.2) is 6.20 Å². The van der Waals surface area contributed by atoms with Crippen molar-refractivity contribution in [2.24, 2.45) is 0 Å². The van der Waals surface area contributed by atoms with Crippen molar-refractivity contribution < 1.29 is 9.53 Å². The van der Waals surface area contributed by atoms with Crippen LogP contribution in [0.2, 0.25) is 0 Å². The first-order chi connectivity index (χ1) is 5.25. The molecule has 5 nitrogen and oxygen atoms in total. The molecule has 0 atom stereocenters. The van der Waals surface area contributed by atoms with Crippen LogP contribution in [0.25, 0.3) is 0 Å². The standard InChI is InChI=1S/C6H7N3O2/c1-4-5(6(10)11-2)3-7-9-8-4/h3H,1-2H3. The molecule has 0 aliphatic carbocycles. The number of rotatable bonds is 1. The predicted octanol–water partition coefficient (Wildman–Crippen LogP) is -0.0334. The van der Waals surface area contributed by atoms with Gasteiger partial charge in [-0.3, -0.25) is 0 Å². The number of methoxy groups -OCH3 is 1. The molecule has 11 heavy (non-hydrogen) atoms. The fourth-order valence-electron chi connectivity index (χ4n) is 0.634. The highest BCUT2D eigenvalue weighted by Crippen LogP contribution is 2.01. The van der Waals surface area contributed by atoms with E-state index >= 15 is 0 Å². The molecule has 0 aliphatic heterocycles. The van der Waals surface area contributed by atoms with Crippen LogP contribution in [0.3, 0.4) is 0 Å². The summed E-state index contributed by atoms with van der Waals surface area (Å²) in [4.78, 5) is 10.9. The minimum Gasteiger partial charge on any atom is -0.465 e. The van der Waals surface area contributed by atoms with Crippen LogP contribution in [0.4, 0.5) is 0 Å². The highest BCUT2D eigenvalue weighted by Gasteiger charge is 2.09. The van der Waals surface area contributed by atoms with Gasteiger partial charge in [0.1, 0.15) is 5.56 Å². The van der Waals surface area contributed by atoms with Crippen molar-refractivity contribution in [1.29, 1.82) is 0 Å². The third-order valence-electron chi connectivity index (χ3n) is 1.23. The predicted molar refractivity (Wildman–Crippen MR) is 35.9 cm³/mol. The molecule has 0 N–H and O–H groups in total. The molecule has 1 aromatic rings. The van der Waals surface area contributed by atoms with E-state index in [0.717, 1.165) is 0 Å². The lowest BCUT2D eigenvalue weighted by molar-refractivity contribution is 0.0598. The zero-order chi connectivity index (χ0) is 8.27. The van der Waals surface area contributed by atoms with E-state index in [1.807, 2.05) is 0 Å². The Morgan fingerprint density at radius 1 is 1.64 bits per heavy atom. The second-order valence-corrected chi connectivity index (χ2v) is 1.92. The summed E-state index contributed by atoms with van der Waals surface area (Å²) in [5.41, 5.74) is 0.870. The summed E-state index contributed by atoms with van der Waals surface area (Å²) in [6.45, 7) is 1.67. The number of aryl methyl sites for hydroxylation is 1. The average molecular weight is 153 g/mol. The van der Waals surface area contributed by atoms with Crippen molar-refractivity contribution in [3.8, 4) is 0 Å². The molecule has 0 fully saturated rings. The van der Waals surface area contributed by atoms with E-state index in [0.29, 0.717) is 11.3 Å². The van der Waals surface area contributed by atoms with Crippen LogP contribution in [-0.2, 0) is 4.74 Å². The first-order valence-electron chi connectivity index (χ1n) is 2.99. The Labute approximate surface area is 63.4 Å². The molecule has 0 aliphatic rings. The van der Waals surface area contributed by atoms with Crippen molar-refractivity contribution in [3.63, 3.8) is 0 Å². The molecule has 1 heterocycles. The Bertz CT molecular complexity index is 274. The average Bonchev–Trinajstić information content (AvgIpc) is 2.04. The van der Waals surface area contributed by atoms with Crippen molar-refractivity contribution >= 4 is 5.97 Å². The number of ether oxygens (including phenoxy) is 1. The second kappa shape index (κ2) is 3.05. The van der Waals surface area contributed by atoms with E-state index in [1.54, 1.807) is 6.92 Å². The molecule has 0 amide bonds. The van der Waals surface area contributed by atoms with Gasteiger partial charge < -0.3 is 4.74 Å². The Morgan fingerprint density at radius 2 is 2.36 bits per heavy atom. The fraction of sp³-hybridized carbons (Fsp3) is 0.333. The third-order valence-corrected chi connectivity index (χ3v) is 1.23. The van der Waals surface area contributed by atoms with Gasteiger partial charge in [0.25, 0.3) is 0 Å². The molecule has 1 aromatic heterocycles. The molecular weight excluding hydrogens is 146 g/mol. The van der Waals surface area contributed by atoms with Crippen molar-refractivity contribution in [3.05, 3.63) is 17.5 Å². The van der Waals surface area contributed by atoms with Gasteiger partial charge >= 0.3 is 5.97 Å². The zero-order valence-electron chi connectivity index (χ0n) is 6.24. The number of carbonyl (C=O) groups is 1. The topological polar surface area (TPSA) is 65.0 Å². The van der Waals surface area contributed by atoms with Crippen molar-refractivity contribution in [2.75, 3.05) is 7.11 Å². The maximum atomic E-state index is 10.9. The van der Waals surface area contributed by atoms with Gasteiger partial charge in [0.05, 0.1) is 19.0 Å². The lowest BCUT2D eigenvalue weighted by Gasteiger charge is -1.98. The van der Waals surface area contributed by atoms with Gasteiger partial charge in [-0.2, -0.15) is 0 Å².